The Balaban J connectivity index is 1.75. The van der Waals surface area contributed by atoms with E-state index in [1.54, 1.807) is 0 Å². The van der Waals surface area contributed by atoms with E-state index >= 15 is 0 Å². The molecule has 2 heteroatoms. The summed E-state index contributed by atoms with van der Waals surface area (Å²) in [7, 11) is 0. The third-order valence-electron chi connectivity index (χ3n) is 4.40. The molecule has 4 unspecified atom stereocenters. The minimum atomic E-state index is 0.329. The molecule has 2 aliphatic heterocycles. The van der Waals surface area contributed by atoms with Crippen molar-refractivity contribution in [3.05, 3.63) is 0 Å². The Morgan fingerprint density at radius 3 is 3.00 bits per heavy atom. The first-order valence-corrected chi connectivity index (χ1v) is 6.11. The monoisotopic (exact) mass is 195 g/mol. The number of ether oxygens (including phenoxy) is 1. The minimum Gasteiger partial charge on any atom is -0.374 e. The number of fused-ring (bicyclic) bond motifs is 1. The molecule has 2 heterocycles. The highest BCUT2D eigenvalue weighted by Gasteiger charge is 2.63. The summed E-state index contributed by atoms with van der Waals surface area (Å²) in [6, 6.07) is 1.36. The Labute approximate surface area is 86.4 Å². The van der Waals surface area contributed by atoms with Crippen molar-refractivity contribution in [3.8, 4) is 0 Å². The van der Waals surface area contributed by atoms with Crippen LogP contribution in [0.3, 0.4) is 0 Å². The standard InChI is InChI=1S/C12H21NO/c1-8(2)13-10-4-3-5-12-6-9(7-14-12)11(10)12/h8-11,13H,3-7H2,1-2H3. The second-order valence-electron chi connectivity index (χ2n) is 5.69. The molecule has 4 atom stereocenters. The van der Waals surface area contributed by atoms with E-state index in [1.807, 2.05) is 0 Å². The third-order valence-corrected chi connectivity index (χ3v) is 4.40. The summed E-state index contributed by atoms with van der Waals surface area (Å²) in [6.45, 7) is 5.55. The molecule has 0 amide bonds. The van der Waals surface area contributed by atoms with Crippen LogP contribution in [0, 0.1) is 11.8 Å². The van der Waals surface area contributed by atoms with E-state index in [2.05, 4.69) is 19.2 Å². The summed E-state index contributed by atoms with van der Waals surface area (Å²) in [4.78, 5) is 0. The summed E-state index contributed by atoms with van der Waals surface area (Å²) in [6.07, 6.45) is 5.40. The zero-order valence-electron chi connectivity index (χ0n) is 9.25. The summed E-state index contributed by atoms with van der Waals surface area (Å²) in [5, 5.41) is 3.73. The van der Waals surface area contributed by atoms with Gasteiger partial charge in [-0.05, 0) is 31.6 Å². The van der Waals surface area contributed by atoms with E-state index in [1.165, 1.54) is 25.7 Å². The van der Waals surface area contributed by atoms with Gasteiger partial charge in [0, 0.05) is 18.0 Å². The lowest BCUT2D eigenvalue weighted by atomic mass is 9.56. The van der Waals surface area contributed by atoms with Gasteiger partial charge in [-0.1, -0.05) is 13.8 Å². The Hall–Kier alpha value is -0.0800. The van der Waals surface area contributed by atoms with Crippen molar-refractivity contribution >= 4 is 0 Å². The summed E-state index contributed by atoms with van der Waals surface area (Å²) < 4.78 is 5.99. The van der Waals surface area contributed by atoms with Crippen molar-refractivity contribution in [2.24, 2.45) is 11.8 Å². The van der Waals surface area contributed by atoms with Crippen LogP contribution in [-0.4, -0.2) is 24.3 Å². The Bertz CT molecular complexity index is 236. The van der Waals surface area contributed by atoms with Gasteiger partial charge in [-0.3, -0.25) is 0 Å². The van der Waals surface area contributed by atoms with Crippen LogP contribution in [0.1, 0.15) is 39.5 Å². The van der Waals surface area contributed by atoms with Crippen LogP contribution in [-0.2, 0) is 4.74 Å². The third kappa shape index (κ3) is 1.10. The molecular formula is C12H21NO. The Morgan fingerprint density at radius 2 is 2.29 bits per heavy atom. The van der Waals surface area contributed by atoms with Crippen LogP contribution in [0.25, 0.3) is 0 Å². The fraction of sp³-hybridized carbons (Fsp3) is 1.00. The molecule has 0 radical (unpaired) electrons. The van der Waals surface area contributed by atoms with Gasteiger partial charge in [-0.15, -0.1) is 0 Å². The summed E-state index contributed by atoms with van der Waals surface area (Å²) >= 11 is 0. The van der Waals surface area contributed by atoms with E-state index in [9.17, 15) is 0 Å². The van der Waals surface area contributed by atoms with E-state index in [-0.39, 0.29) is 0 Å². The zero-order valence-corrected chi connectivity index (χ0v) is 9.25. The van der Waals surface area contributed by atoms with Crippen molar-refractivity contribution < 1.29 is 4.74 Å². The van der Waals surface area contributed by atoms with Gasteiger partial charge in [0.05, 0.1) is 12.2 Å². The first kappa shape index (κ1) is 9.17. The highest BCUT2D eigenvalue weighted by atomic mass is 16.5. The van der Waals surface area contributed by atoms with Crippen molar-refractivity contribution in [2.75, 3.05) is 6.61 Å². The van der Waals surface area contributed by atoms with Crippen LogP contribution >= 0.6 is 0 Å². The molecule has 1 N–H and O–H groups in total. The zero-order chi connectivity index (χ0) is 9.76. The molecular weight excluding hydrogens is 174 g/mol. The van der Waals surface area contributed by atoms with Crippen molar-refractivity contribution in [2.45, 2.75) is 57.2 Å². The van der Waals surface area contributed by atoms with Gasteiger partial charge in [-0.25, -0.2) is 0 Å². The summed E-state index contributed by atoms with van der Waals surface area (Å²) in [5.41, 5.74) is 0.329. The maximum Gasteiger partial charge on any atom is 0.0732 e. The fourth-order valence-electron chi connectivity index (χ4n) is 4.02. The lowest BCUT2D eigenvalue weighted by molar-refractivity contribution is -0.0938. The first-order valence-electron chi connectivity index (χ1n) is 6.11. The molecule has 0 aromatic rings. The SMILES string of the molecule is CC(C)NC1CCCC23CC(CO2)C13. The van der Waals surface area contributed by atoms with Gasteiger partial charge in [0.1, 0.15) is 0 Å². The molecule has 14 heavy (non-hydrogen) atoms. The van der Waals surface area contributed by atoms with Crippen LogP contribution in [0.5, 0.6) is 0 Å². The summed E-state index contributed by atoms with van der Waals surface area (Å²) in [5.74, 6) is 1.73. The fourth-order valence-corrected chi connectivity index (χ4v) is 4.02. The lowest BCUT2D eigenvalue weighted by Gasteiger charge is -2.53. The molecule has 2 saturated heterocycles. The number of hydrogen-bond donors (Lipinski definition) is 1. The average Bonchev–Trinajstić information content (AvgIpc) is 2.59. The Morgan fingerprint density at radius 1 is 1.43 bits per heavy atom. The van der Waals surface area contributed by atoms with Crippen molar-refractivity contribution in [1.82, 2.24) is 5.32 Å². The van der Waals surface area contributed by atoms with E-state index in [4.69, 9.17) is 4.74 Å². The van der Waals surface area contributed by atoms with E-state index < -0.39 is 0 Å². The normalized spacial score (nSPS) is 50.4. The molecule has 2 aliphatic carbocycles. The van der Waals surface area contributed by atoms with Gasteiger partial charge in [-0.2, -0.15) is 0 Å². The second kappa shape index (κ2) is 2.96. The van der Waals surface area contributed by atoms with Crippen LogP contribution in [0.2, 0.25) is 0 Å². The number of rotatable bonds is 2. The molecule has 2 bridgehead atoms. The largest absolute Gasteiger partial charge is 0.374 e. The second-order valence-corrected chi connectivity index (χ2v) is 5.69. The highest BCUT2D eigenvalue weighted by Crippen LogP contribution is 2.60. The minimum absolute atomic E-state index is 0.329. The molecule has 1 spiro atoms. The topological polar surface area (TPSA) is 21.3 Å². The lowest BCUT2D eigenvalue weighted by Crippen LogP contribution is -2.60. The maximum absolute atomic E-state index is 5.99. The van der Waals surface area contributed by atoms with Gasteiger partial charge < -0.3 is 10.1 Å². The molecule has 4 fully saturated rings. The molecule has 0 aromatic carbocycles. The molecule has 4 aliphatic rings. The van der Waals surface area contributed by atoms with Crippen molar-refractivity contribution in [1.29, 1.82) is 0 Å². The molecule has 4 rings (SSSR count). The average molecular weight is 195 g/mol. The van der Waals surface area contributed by atoms with Crippen LogP contribution in [0.4, 0.5) is 0 Å². The molecule has 0 aromatic heterocycles. The number of hydrogen-bond acceptors (Lipinski definition) is 2. The molecule has 2 saturated carbocycles. The van der Waals surface area contributed by atoms with Crippen LogP contribution in [0.15, 0.2) is 0 Å². The highest BCUT2D eigenvalue weighted by molar-refractivity contribution is 5.14. The van der Waals surface area contributed by atoms with E-state index in [0.717, 1.165) is 24.5 Å². The number of nitrogens with one attached hydrogen (secondary N) is 1. The van der Waals surface area contributed by atoms with E-state index in [0.29, 0.717) is 11.6 Å². The van der Waals surface area contributed by atoms with Crippen LogP contribution < -0.4 is 5.32 Å². The first-order chi connectivity index (χ1) is 6.71. The van der Waals surface area contributed by atoms with Crippen molar-refractivity contribution in [3.63, 3.8) is 0 Å². The smallest absolute Gasteiger partial charge is 0.0732 e. The predicted molar refractivity (Wildman–Crippen MR) is 56.2 cm³/mol. The maximum atomic E-state index is 5.99. The molecule has 80 valence electrons. The Kier molecular flexibility index (Phi) is 1.94. The van der Waals surface area contributed by atoms with Gasteiger partial charge >= 0.3 is 0 Å². The van der Waals surface area contributed by atoms with Gasteiger partial charge in [0.15, 0.2) is 0 Å². The van der Waals surface area contributed by atoms with Gasteiger partial charge in [0.2, 0.25) is 0 Å². The predicted octanol–water partition coefficient (Wildman–Crippen LogP) is 1.94. The quantitative estimate of drug-likeness (QED) is 0.727. The van der Waals surface area contributed by atoms with Gasteiger partial charge in [0.25, 0.3) is 0 Å². The molecule has 2 nitrogen and oxygen atoms in total.